The summed E-state index contributed by atoms with van der Waals surface area (Å²) in [5.41, 5.74) is 0.785. The van der Waals surface area contributed by atoms with Gasteiger partial charge in [-0.25, -0.2) is 0 Å². The van der Waals surface area contributed by atoms with Gasteiger partial charge in [-0.3, -0.25) is 4.79 Å². The van der Waals surface area contributed by atoms with Crippen molar-refractivity contribution in [3.8, 4) is 0 Å². The molecule has 1 aliphatic carbocycles. The maximum absolute atomic E-state index is 13.1. The minimum absolute atomic E-state index is 0.0383. The van der Waals surface area contributed by atoms with Crippen LogP contribution in [0.25, 0.3) is 0 Å². The smallest absolute Gasteiger partial charge is 0.233 e. The zero-order chi connectivity index (χ0) is 14.4. The van der Waals surface area contributed by atoms with Gasteiger partial charge in [-0.1, -0.05) is 50.1 Å². The summed E-state index contributed by atoms with van der Waals surface area (Å²) in [6.07, 6.45) is 5.01. The average Bonchev–Trinajstić information content (AvgIpc) is 2.98. The van der Waals surface area contributed by atoms with Crippen molar-refractivity contribution in [2.45, 2.75) is 44.4 Å². The summed E-state index contributed by atoms with van der Waals surface area (Å²) in [5.74, 6) is 0.206. The third-order valence-electron chi connectivity index (χ3n) is 4.34. The molecule has 110 valence electrons. The van der Waals surface area contributed by atoms with Crippen LogP contribution in [-0.2, 0) is 10.2 Å². The van der Waals surface area contributed by atoms with Crippen LogP contribution in [0.5, 0.6) is 0 Å². The van der Waals surface area contributed by atoms with Gasteiger partial charge in [0.2, 0.25) is 5.91 Å². The number of carbonyl (C=O) groups is 1. The molecule has 0 heterocycles. The van der Waals surface area contributed by atoms with Crippen LogP contribution in [0.2, 0.25) is 0 Å². The van der Waals surface area contributed by atoms with E-state index in [1.54, 1.807) is 0 Å². The second-order valence-electron chi connectivity index (χ2n) is 5.67. The highest BCUT2D eigenvalue weighted by atomic mass is 16.3. The number of rotatable bonds is 6. The van der Waals surface area contributed by atoms with Gasteiger partial charge in [0.25, 0.3) is 0 Å². The van der Waals surface area contributed by atoms with Crippen LogP contribution in [0.4, 0.5) is 0 Å². The molecule has 1 N–H and O–H groups in total. The third kappa shape index (κ3) is 2.88. The lowest BCUT2D eigenvalue weighted by molar-refractivity contribution is -0.138. The molecule has 0 spiro atoms. The van der Waals surface area contributed by atoms with E-state index >= 15 is 0 Å². The van der Waals surface area contributed by atoms with Gasteiger partial charge in [-0.15, -0.1) is 0 Å². The molecule has 0 saturated heterocycles. The molecule has 0 radical (unpaired) electrons. The minimum Gasteiger partial charge on any atom is -0.395 e. The van der Waals surface area contributed by atoms with Crippen molar-refractivity contribution in [2.24, 2.45) is 0 Å². The van der Waals surface area contributed by atoms with Crippen LogP contribution in [0.3, 0.4) is 0 Å². The van der Waals surface area contributed by atoms with Gasteiger partial charge in [0.05, 0.1) is 12.0 Å². The second kappa shape index (κ2) is 6.89. The van der Waals surface area contributed by atoms with Crippen molar-refractivity contribution < 1.29 is 9.90 Å². The Kier molecular flexibility index (Phi) is 5.18. The molecule has 1 fully saturated rings. The van der Waals surface area contributed by atoms with E-state index in [2.05, 4.69) is 19.1 Å². The highest BCUT2D eigenvalue weighted by Crippen LogP contribution is 2.42. The normalized spacial score (nSPS) is 17.1. The highest BCUT2D eigenvalue weighted by Gasteiger charge is 2.44. The van der Waals surface area contributed by atoms with Crippen molar-refractivity contribution in [1.82, 2.24) is 4.90 Å². The first-order valence-electron chi connectivity index (χ1n) is 7.70. The lowest BCUT2D eigenvalue weighted by Gasteiger charge is -2.34. The fraction of sp³-hybridized carbons (Fsp3) is 0.588. The maximum atomic E-state index is 13.1. The summed E-state index contributed by atoms with van der Waals surface area (Å²) in [6, 6.07) is 10.2. The molecule has 1 aromatic rings. The Hall–Kier alpha value is -1.35. The minimum atomic E-state index is -0.356. The molecule has 3 heteroatoms. The number of hydrogen-bond acceptors (Lipinski definition) is 2. The van der Waals surface area contributed by atoms with Gasteiger partial charge >= 0.3 is 0 Å². The van der Waals surface area contributed by atoms with Crippen molar-refractivity contribution >= 4 is 5.91 Å². The molecule has 0 atom stereocenters. The first-order chi connectivity index (χ1) is 9.74. The Morgan fingerprint density at radius 2 is 1.85 bits per heavy atom. The lowest BCUT2D eigenvalue weighted by atomic mass is 9.77. The quantitative estimate of drug-likeness (QED) is 0.867. The molecular weight excluding hydrogens is 250 g/mol. The molecule has 1 aromatic carbocycles. The van der Waals surface area contributed by atoms with Crippen LogP contribution in [-0.4, -0.2) is 35.6 Å². The number of nitrogens with zero attached hydrogens (tertiary/aromatic N) is 1. The van der Waals surface area contributed by atoms with Crippen LogP contribution in [0.15, 0.2) is 30.3 Å². The molecule has 2 rings (SSSR count). The van der Waals surface area contributed by atoms with Crippen molar-refractivity contribution in [2.75, 3.05) is 19.7 Å². The van der Waals surface area contributed by atoms with E-state index in [9.17, 15) is 9.90 Å². The molecule has 1 saturated carbocycles. The fourth-order valence-electron chi connectivity index (χ4n) is 3.37. The first-order valence-corrected chi connectivity index (χ1v) is 7.70. The van der Waals surface area contributed by atoms with E-state index < -0.39 is 0 Å². The molecule has 0 bridgehead atoms. The van der Waals surface area contributed by atoms with Gasteiger partial charge in [-0.2, -0.15) is 0 Å². The van der Waals surface area contributed by atoms with Crippen LogP contribution in [0.1, 0.15) is 44.6 Å². The molecule has 1 aliphatic rings. The molecule has 0 aromatic heterocycles. The Labute approximate surface area is 121 Å². The number of benzene rings is 1. The Balaban J connectivity index is 2.30. The summed E-state index contributed by atoms with van der Waals surface area (Å²) in [7, 11) is 0. The topological polar surface area (TPSA) is 40.5 Å². The van der Waals surface area contributed by atoms with E-state index in [4.69, 9.17) is 0 Å². The number of aliphatic hydroxyl groups excluding tert-OH is 1. The monoisotopic (exact) mass is 275 g/mol. The van der Waals surface area contributed by atoms with E-state index in [1.165, 1.54) is 0 Å². The molecule has 0 aliphatic heterocycles. The summed E-state index contributed by atoms with van der Waals surface area (Å²) in [5, 5.41) is 9.22. The standard InChI is InChI=1S/C17H25NO2/c1-2-12-18(13-14-19)16(20)17(10-6-7-11-17)15-8-4-3-5-9-15/h3-5,8-9,19H,2,6-7,10-14H2,1H3. The SMILES string of the molecule is CCCN(CCO)C(=O)C1(c2ccccc2)CCCC1. The number of aliphatic hydroxyl groups is 1. The molecule has 3 nitrogen and oxygen atoms in total. The lowest BCUT2D eigenvalue weighted by Crippen LogP contribution is -2.46. The first kappa shape index (κ1) is 15.0. The molecule has 0 unspecified atom stereocenters. The zero-order valence-corrected chi connectivity index (χ0v) is 12.3. The van der Waals surface area contributed by atoms with Gasteiger partial charge < -0.3 is 10.0 Å². The van der Waals surface area contributed by atoms with E-state index in [0.717, 1.165) is 44.2 Å². The van der Waals surface area contributed by atoms with Gasteiger partial charge in [0, 0.05) is 13.1 Å². The van der Waals surface area contributed by atoms with E-state index in [-0.39, 0.29) is 17.9 Å². The molecule has 20 heavy (non-hydrogen) atoms. The van der Waals surface area contributed by atoms with E-state index in [0.29, 0.717) is 6.54 Å². The zero-order valence-electron chi connectivity index (χ0n) is 12.3. The van der Waals surface area contributed by atoms with Gasteiger partial charge in [0.15, 0.2) is 0 Å². The van der Waals surface area contributed by atoms with E-state index in [1.807, 2.05) is 23.1 Å². The predicted molar refractivity (Wildman–Crippen MR) is 80.5 cm³/mol. The largest absolute Gasteiger partial charge is 0.395 e. The summed E-state index contributed by atoms with van der Waals surface area (Å²) in [6.45, 7) is 3.29. The number of carbonyl (C=O) groups excluding carboxylic acids is 1. The average molecular weight is 275 g/mol. The summed E-state index contributed by atoms with van der Waals surface area (Å²) in [4.78, 5) is 14.9. The Bertz CT molecular complexity index is 418. The highest BCUT2D eigenvalue weighted by molar-refractivity contribution is 5.88. The molecular formula is C17H25NO2. The molecule has 1 amide bonds. The van der Waals surface area contributed by atoms with Crippen molar-refractivity contribution in [3.63, 3.8) is 0 Å². The van der Waals surface area contributed by atoms with Crippen molar-refractivity contribution in [3.05, 3.63) is 35.9 Å². The van der Waals surface area contributed by atoms with Crippen LogP contribution >= 0.6 is 0 Å². The number of hydrogen-bond donors (Lipinski definition) is 1. The maximum Gasteiger partial charge on any atom is 0.233 e. The Morgan fingerprint density at radius 3 is 2.40 bits per heavy atom. The third-order valence-corrected chi connectivity index (χ3v) is 4.34. The van der Waals surface area contributed by atoms with Crippen LogP contribution < -0.4 is 0 Å². The Morgan fingerprint density at radius 1 is 1.20 bits per heavy atom. The van der Waals surface area contributed by atoms with Crippen LogP contribution in [0, 0.1) is 0 Å². The van der Waals surface area contributed by atoms with Gasteiger partial charge in [0.1, 0.15) is 0 Å². The number of amides is 1. The van der Waals surface area contributed by atoms with Crippen molar-refractivity contribution in [1.29, 1.82) is 0 Å². The summed E-state index contributed by atoms with van der Waals surface area (Å²) < 4.78 is 0. The van der Waals surface area contributed by atoms with Gasteiger partial charge in [-0.05, 0) is 24.8 Å². The summed E-state index contributed by atoms with van der Waals surface area (Å²) >= 11 is 0. The predicted octanol–water partition coefficient (Wildman–Crippen LogP) is 2.73. The fourth-order valence-corrected chi connectivity index (χ4v) is 3.37. The second-order valence-corrected chi connectivity index (χ2v) is 5.67.